The van der Waals surface area contributed by atoms with Crippen molar-refractivity contribution in [2.24, 2.45) is 0 Å². The Kier molecular flexibility index (Phi) is 4.34. The monoisotopic (exact) mass is 361 g/mol. The first-order valence-electron chi connectivity index (χ1n) is 7.54. The number of esters is 1. The Hall–Kier alpha value is -2.67. The van der Waals surface area contributed by atoms with Crippen LogP contribution in [0.5, 0.6) is 0 Å². The Morgan fingerprint density at radius 2 is 1.84 bits per heavy atom. The van der Waals surface area contributed by atoms with Gasteiger partial charge in [-0.1, -0.05) is 17.7 Å². The number of fused-ring (bicyclic) bond motifs is 1. The molecule has 1 heterocycles. The highest BCUT2D eigenvalue weighted by Gasteiger charge is 2.22. The molecule has 0 aliphatic carbocycles. The number of hydrogen-bond acceptors (Lipinski definition) is 4. The van der Waals surface area contributed by atoms with E-state index in [0.29, 0.717) is 10.9 Å². The number of nitrogens with zero attached hydrogens (tertiary/aromatic N) is 1. The minimum absolute atomic E-state index is 0.0894. The SMILES string of the molecule is CC(=O)OCc1cn(S(=O)(=O)c2ccc(C)cc2)c2cc(F)ccc12. The van der Waals surface area contributed by atoms with Crippen LogP contribution < -0.4 is 0 Å². The Labute approximate surface area is 144 Å². The van der Waals surface area contributed by atoms with Crippen LogP contribution in [0.15, 0.2) is 53.6 Å². The molecule has 2 aromatic carbocycles. The van der Waals surface area contributed by atoms with E-state index in [1.807, 2.05) is 6.92 Å². The van der Waals surface area contributed by atoms with Crippen molar-refractivity contribution in [3.05, 3.63) is 65.6 Å². The number of halogens is 1. The Morgan fingerprint density at radius 3 is 2.48 bits per heavy atom. The first-order valence-corrected chi connectivity index (χ1v) is 8.98. The highest BCUT2D eigenvalue weighted by atomic mass is 32.2. The van der Waals surface area contributed by atoms with Crippen molar-refractivity contribution in [3.63, 3.8) is 0 Å². The van der Waals surface area contributed by atoms with Crippen molar-refractivity contribution in [3.8, 4) is 0 Å². The summed E-state index contributed by atoms with van der Waals surface area (Å²) in [6, 6.07) is 10.3. The Bertz CT molecular complexity index is 1050. The first kappa shape index (κ1) is 17.2. The molecular weight excluding hydrogens is 345 g/mol. The van der Waals surface area contributed by atoms with E-state index < -0.39 is 21.8 Å². The number of carbonyl (C=O) groups is 1. The number of hydrogen-bond donors (Lipinski definition) is 0. The van der Waals surface area contributed by atoms with E-state index >= 15 is 0 Å². The lowest BCUT2D eigenvalue weighted by molar-refractivity contribution is -0.142. The van der Waals surface area contributed by atoms with Gasteiger partial charge in [0.1, 0.15) is 12.4 Å². The lowest BCUT2D eigenvalue weighted by atomic mass is 10.2. The molecule has 25 heavy (non-hydrogen) atoms. The Morgan fingerprint density at radius 1 is 1.16 bits per heavy atom. The zero-order valence-electron chi connectivity index (χ0n) is 13.7. The summed E-state index contributed by atoms with van der Waals surface area (Å²) in [6.07, 6.45) is 1.36. The predicted octanol–water partition coefficient (Wildman–Crippen LogP) is 3.39. The van der Waals surface area contributed by atoms with Gasteiger partial charge in [-0.2, -0.15) is 0 Å². The molecule has 1 aromatic heterocycles. The number of aromatic nitrogens is 1. The molecule has 0 bridgehead atoms. The summed E-state index contributed by atoms with van der Waals surface area (Å²) in [7, 11) is -3.91. The molecule has 0 aliphatic heterocycles. The second-order valence-corrected chi connectivity index (χ2v) is 7.52. The molecule has 0 unspecified atom stereocenters. The number of rotatable bonds is 4. The van der Waals surface area contributed by atoms with Gasteiger partial charge in [0.25, 0.3) is 10.0 Å². The van der Waals surface area contributed by atoms with Crippen LogP contribution in [0, 0.1) is 12.7 Å². The lowest BCUT2D eigenvalue weighted by Crippen LogP contribution is -2.12. The maximum absolute atomic E-state index is 13.7. The molecule has 0 saturated carbocycles. The van der Waals surface area contributed by atoms with Crippen LogP contribution in [-0.2, 0) is 26.2 Å². The van der Waals surface area contributed by atoms with E-state index in [2.05, 4.69) is 0 Å². The quantitative estimate of drug-likeness (QED) is 0.668. The van der Waals surface area contributed by atoms with Crippen molar-refractivity contribution < 1.29 is 22.3 Å². The van der Waals surface area contributed by atoms with Gasteiger partial charge in [0.15, 0.2) is 0 Å². The molecule has 0 aliphatic rings. The predicted molar refractivity (Wildman–Crippen MR) is 91.1 cm³/mol. The first-order chi connectivity index (χ1) is 11.8. The van der Waals surface area contributed by atoms with Gasteiger partial charge < -0.3 is 4.74 Å². The lowest BCUT2D eigenvalue weighted by Gasteiger charge is -2.08. The van der Waals surface area contributed by atoms with Gasteiger partial charge >= 0.3 is 5.97 Å². The molecule has 0 fully saturated rings. The molecule has 7 heteroatoms. The van der Waals surface area contributed by atoms with E-state index in [-0.39, 0.29) is 17.0 Å². The van der Waals surface area contributed by atoms with Gasteiger partial charge in [0.05, 0.1) is 10.4 Å². The van der Waals surface area contributed by atoms with E-state index in [9.17, 15) is 17.6 Å². The van der Waals surface area contributed by atoms with E-state index in [0.717, 1.165) is 15.6 Å². The maximum atomic E-state index is 13.7. The summed E-state index contributed by atoms with van der Waals surface area (Å²) in [5.41, 5.74) is 1.61. The summed E-state index contributed by atoms with van der Waals surface area (Å²) < 4.78 is 45.6. The molecule has 3 aromatic rings. The van der Waals surface area contributed by atoms with Crippen LogP contribution in [0.2, 0.25) is 0 Å². The second-order valence-electron chi connectivity index (χ2n) is 5.71. The average Bonchev–Trinajstić information content (AvgIpc) is 2.92. The summed E-state index contributed by atoms with van der Waals surface area (Å²) in [5.74, 6) is -1.03. The van der Waals surface area contributed by atoms with Crippen molar-refractivity contribution in [1.82, 2.24) is 3.97 Å². The van der Waals surface area contributed by atoms with E-state index in [4.69, 9.17) is 4.74 Å². The molecule has 130 valence electrons. The zero-order chi connectivity index (χ0) is 18.2. The van der Waals surface area contributed by atoms with Gasteiger partial charge in [-0.25, -0.2) is 16.8 Å². The summed E-state index contributed by atoms with van der Waals surface area (Å²) in [5, 5.41) is 0.512. The fourth-order valence-electron chi connectivity index (χ4n) is 2.56. The highest BCUT2D eigenvalue weighted by molar-refractivity contribution is 7.90. The highest BCUT2D eigenvalue weighted by Crippen LogP contribution is 2.27. The van der Waals surface area contributed by atoms with Crippen molar-refractivity contribution in [2.75, 3.05) is 0 Å². The third-order valence-corrected chi connectivity index (χ3v) is 5.51. The van der Waals surface area contributed by atoms with Crippen LogP contribution in [-0.4, -0.2) is 18.4 Å². The minimum Gasteiger partial charge on any atom is -0.461 e. The van der Waals surface area contributed by atoms with Crippen LogP contribution in [0.4, 0.5) is 4.39 Å². The minimum atomic E-state index is -3.91. The van der Waals surface area contributed by atoms with Gasteiger partial charge in [-0.15, -0.1) is 0 Å². The maximum Gasteiger partial charge on any atom is 0.302 e. The van der Waals surface area contributed by atoms with Crippen molar-refractivity contribution in [2.45, 2.75) is 25.3 Å². The van der Waals surface area contributed by atoms with Gasteiger partial charge in [-0.3, -0.25) is 4.79 Å². The number of aryl methyl sites for hydroxylation is 1. The zero-order valence-corrected chi connectivity index (χ0v) is 14.5. The molecule has 5 nitrogen and oxygen atoms in total. The van der Waals surface area contributed by atoms with Crippen LogP contribution in [0.1, 0.15) is 18.1 Å². The fourth-order valence-corrected chi connectivity index (χ4v) is 3.94. The summed E-state index contributed by atoms with van der Waals surface area (Å²) in [6.45, 7) is 3.03. The van der Waals surface area contributed by atoms with Gasteiger partial charge in [0, 0.05) is 24.1 Å². The van der Waals surface area contributed by atoms with Gasteiger partial charge in [0.2, 0.25) is 0 Å². The molecule has 3 rings (SSSR count). The van der Waals surface area contributed by atoms with Crippen LogP contribution >= 0.6 is 0 Å². The van der Waals surface area contributed by atoms with Crippen molar-refractivity contribution in [1.29, 1.82) is 0 Å². The fraction of sp³-hybridized carbons (Fsp3) is 0.167. The Balaban J connectivity index is 2.19. The number of carbonyl (C=O) groups excluding carboxylic acids is 1. The molecule has 0 amide bonds. The van der Waals surface area contributed by atoms with Crippen LogP contribution in [0.3, 0.4) is 0 Å². The molecule has 0 atom stereocenters. The third-order valence-electron chi connectivity index (χ3n) is 3.82. The summed E-state index contributed by atoms with van der Waals surface area (Å²) >= 11 is 0. The average molecular weight is 361 g/mol. The summed E-state index contributed by atoms with van der Waals surface area (Å²) in [4.78, 5) is 11.2. The standard InChI is InChI=1S/C18H16FNO4S/c1-12-3-6-16(7-4-12)25(22,23)20-10-14(11-24-13(2)21)17-8-5-15(19)9-18(17)20/h3-10H,11H2,1-2H3. The molecule has 0 spiro atoms. The normalized spacial score (nSPS) is 11.6. The van der Waals surface area contributed by atoms with Crippen LogP contribution in [0.25, 0.3) is 10.9 Å². The topological polar surface area (TPSA) is 65.4 Å². The second kappa shape index (κ2) is 6.33. The number of benzene rings is 2. The number of ether oxygens (including phenoxy) is 1. The van der Waals surface area contributed by atoms with Gasteiger partial charge in [-0.05, 0) is 37.3 Å². The van der Waals surface area contributed by atoms with E-state index in [1.165, 1.54) is 37.4 Å². The van der Waals surface area contributed by atoms with E-state index in [1.54, 1.807) is 12.1 Å². The molecular formula is C18H16FNO4S. The third kappa shape index (κ3) is 3.28. The molecule has 0 saturated heterocycles. The largest absolute Gasteiger partial charge is 0.461 e. The smallest absolute Gasteiger partial charge is 0.302 e. The molecule has 0 radical (unpaired) electrons. The molecule has 0 N–H and O–H groups in total. The van der Waals surface area contributed by atoms with Crippen molar-refractivity contribution >= 4 is 26.9 Å².